The fraction of sp³-hybridized carbons (Fsp3) is 0.600. The van der Waals surface area contributed by atoms with Gasteiger partial charge in [0, 0.05) is 7.05 Å². The van der Waals surface area contributed by atoms with Gasteiger partial charge < -0.3 is 10.8 Å². The maximum atomic E-state index is 8.97. The Hall–Kier alpha value is -1.10. The van der Waals surface area contributed by atoms with E-state index < -0.39 is 6.10 Å². The summed E-state index contributed by atoms with van der Waals surface area (Å²) in [6.07, 6.45) is -0.650. The molecule has 3 N–H and O–H groups in total. The van der Waals surface area contributed by atoms with Gasteiger partial charge in [-0.2, -0.15) is 10.1 Å². The minimum Gasteiger partial charge on any atom is -0.385 e. The first kappa shape index (κ1) is 7.01. The summed E-state index contributed by atoms with van der Waals surface area (Å²) in [4.78, 5) is 3.79. The molecule has 0 aliphatic carbocycles. The fourth-order valence-electron chi connectivity index (χ4n) is 0.594. The molecular weight excluding hydrogens is 132 g/mol. The second-order valence-electron chi connectivity index (χ2n) is 2.13. The van der Waals surface area contributed by atoms with Gasteiger partial charge in [0.05, 0.1) is 0 Å². The van der Waals surface area contributed by atoms with Gasteiger partial charge in [-0.15, -0.1) is 0 Å². The maximum Gasteiger partial charge on any atom is 0.218 e. The van der Waals surface area contributed by atoms with Crippen molar-refractivity contribution in [1.29, 1.82) is 0 Å². The molecule has 0 unspecified atom stereocenters. The van der Waals surface area contributed by atoms with Crippen LogP contribution >= 0.6 is 0 Å². The zero-order valence-electron chi connectivity index (χ0n) is 5.94. The molecule has 0 aliphatic rings. The molecule has 10 heavy (non-hydrogen) atoms. The van der Waals surface area contributed by atoms with Crippen molar-refractivity contribution in [3.63, 3.8) is 0 Å². The molecule has 0 bridgehead atoms. The van der Waals surface area contributed by atoms with E-state index in [0.717, 1.165) is 0 Å². The molecule has 0 spiro atoms. The first-order valence-electron chi connectivity index (χ1n) is 2.95. The Morgan fingerprint density at radius 3 is 2.50 bits per heavy atom. The fourth-order valence-corrected chi connectivity index (χ4v) is 0.594. The minimum atomic E-state index is -0.650. The average molecular weight is 142 g/mol. The number of nitrogens with two attached hydrogens (primary N) is 1. The van der Waals surface area contributed by atoms with Crippen molar-refractivity contribution in [2.24, 2.45) is 7.05 Å². The van der Waals surface area contributed by atoms with E-state index in [9.17, 15) is 0 Å². The van der Waals surface area contributed by atoms with Crippen LogP contribution in [0.15, 0.2) is 0 Å². The summed E-state index contributed by atoms with van der Waals surface area (Å²) in [5, 5.41) is 12.8. The number of aliphatic hydroxyl groups is 1. The van der Waals surface area contributed by atoms with Gasteiger partial charge in [0.2, 0.25) is 5.95 Å². The molecule has 0 saturated carbocycles. The van der Waals surface area contributed by atoms with Gasteiger partial charge in [0.15, 0.2) is 5.82 Å². The second kappa shape index (κ2) is 2.26. The lowest BCUT2D eigenvalue weighted by molar-refractivity contribution is 0.188. The van der Waals surface area contributed by atoms with Crippen molar-refractivity contribution in [2.75, 3.05) is 5.73 Å². The van der Waals surface area contributed by atoms with E-state index in [1.165, 1.54) is 4.68 Å². The van der Waals surface area contributed by atoms with Gasteiger partial charge in [-0.3, -0.25) is 0 Å². The predicted octanol–water partition coefficient (Wildman–Crippen LogP) is -0.549. The number of hydrogen-bond acceptors (Lipinski definition) is 4. The number of hydrogen-bond donors (Lipinski definition) is 2. The Morgan fingerprint density at radius 2 is 2.30 bits per heavy atom. The Morgan fingerprint density at radius 1 is 1.70 bits per heavy atom. The molecule has 5 heteroatoms. The molecule has 0 amide bonds. The molecule has 0 fully saturated rings. The van der Waals surface area contributed by atoms with Gasteiger partial charge in [-0.25, -0.2) is 4.68 Å². The first-order chi connectivity index (χ1) is 4.61. The van der Waals surface area contributed by atoms with Crippen LogP contribution in [0.25, 0.3) is 0 Å². The highest BCUT2D eigenvalue weighted by Crippen LogP contribution is 2.06. The molecule has 1 heterocycles. The third-order valence-electron chi connectivity index (χ3n) is 1.19. The van der Waals surface area contributed by atoms with Crippen LogP contribution in [0.4, 0.5) is 5.95 Å². The van der Waals surface area contributed by atoms with Gasteiger partial charge in [0.1, 0.15) is 6.10 Å². The van der Waals surface area contributed by atoms with Crippen LogP contribution in [0.5, 0.6) is 0 Å². The maximum absolute atomic E-state index is 8.97. The van der Waals surface area contributed by atoms with E-state index in [0.29, 0.717) is 11.8 Å². The van der Waals surface area contributed by atoms with Gasteiger partial charge >= 0.3 is 0 Å². The van der Waals surface area contributed by atoms with Crippen LogP contribution in [-0.4, -0.2) is 19.9 Å². The molecule has 1 aromatic rings. The molecule has 0 aromatic carbocycles. The van der Waals surface area contributed by atoms with Crippen LogP contribution in [0.3, 0.4) is 0 Å². The average Bonchev–Trinajstić information content (AvgIpc) is 2.13. The van der Waals surface area contributed by atoms with Crippen molar-refractivity contribution in [3.05, 3.63) is 5.82 Å². The first-order valence-corrected chi connectivity index (χ1v) is 2.95. The van der Waals surface area contributed by atoms with Crippen molar-refractivity contribution >= 4 is 5.95 Å². The number of nitrogens with zero attached hydrogens (tertiary/aromatic N) is 3. The molecule has 56 valence electrons. The summed E-state index contributed by atoms with van der Waals surface area (Å²) in [5.41, 5.74) is 5.36. The van der Waals surface area contributed by atoms with Crippen LogP contribution in [-0.2, 0) is 7.05 Å². The summed E-state index contributed by atoms with van der Waals surface area (Å²) in [7, 11) is 1.67. The summed E-state index contributed by atoms with van der Waals surface area (Å²) in [6, 6.07) is 0. The Kier molecular flexibility index (Phi) is 1.58. The molecule has 5 nitrogen and oxygen atoms in total. The Balaban J connectivity index is 2.98. The largest absolute Gasteiger partial charge is 0.385 e. The number of rotatable bonds is 1. The number of nitrogen functional groups attached to an aromatic ring is 1. The van der Waals surface area contributed by atoms with Crippen molar-refractivity contribution in [1.82, 2.24) is 14.8 Å². The zero-order chi connectivity index (χ0) is 7.72. The Bertz CT molecular complexity index is 210. The van der Waals surface area contributed by atoms with Crippen LogP contribution in [0.1, 0.15) is 18.9 Å². The minimum absolute atomic E-state index is 0.316. The van der Waals surface area contributed by atoms with E-state index in [2.05, 4.69) is 10.1 Å². The smallest absolute Gasteiger partial charge is 0.218 e. The van der Waals surface area contributed by atoms with E-state index >= 15 is 0 Å². The summed E-state index contributed by atoms with van der Waals surface area (Å²) in [5.74, 6) is 0.677. The monoisotopic (exact) mass is 142 g/mol. The number of aliphatic hydroxyl groups excluding tert-OH is 1. The SMILES string of the molecule is C[C@H](O)c1nc(N)n(C)n1. The van der Waals surface area contributed by atoms with E-state index in [-0.39, 0.29) is 0 Å². The molecule has 0 saturated heterocycles. The second-order valence-corrected chi connectivity index (χ2v) is 2.13. The number of anilines is 1. The highest BCUT2D eigenvalue weighted by Gasteiger charge is 2.07. The van der Waals surface area contributed by atoms with E-state index in [4.69, 9.17) is 10.8 Å². The van der Waals surface area contributed by atoms with E-state index in [1.54, 1.807) is 14.0 Å². The summed E-state index contributed by atoms with van der Waals surface area (Å²) < 4.78 is 1.42. The predicted molar refractivity (Wildman–Crippen MR) is 36.0 cm³/mol. The number of aryl methyl sites for hydroxylation is 1. The molecule has 0 aliphatic heterocycles. The topological polar surface area (TPSA) is 77.0 Å². The lowest BCUT2D eigenvalue weighted by Gasteiger charge is -1.92. The zero-order valence-corrected chi connectivity index (χ0v) is 5.94. The highest BCUT2D eigenvalue weighted by atomic mass is 16.3. The lowest BCUT2D eigenvalue weighted by atomic mass is 10.4. The molecule has 1 rings (SSSR count). The third kappa shape index (κ3) is 1.08. The third-order valence-corrected chi connectivity index (χ3v) is 1.19. The van der Waals surface area contributed by atoms with Crippen LogP contribution in [0, 0.1) is 0 Å². The van der Waals surface area contributed by atoms with Gasteiger partial charge in [-0.05, 0) is 6.92 Å². The molecule has 0 radical (unpaired) electrons. The summed E-state index contributed by atoms with van der Waals surface area (Å²) >= 11 is 0. The van der Waals surface area contributed by atoms with Crippen molar-refractivity contribution < 1.29 is 5.11 Å². The molecule has 1 atom stereocenters. The lowest BCUT2D eigenvalue weighted by Crippen LogP contribution is -1.98. The normalized spacial score (nSPS) is 13.5. The van der Waals surface area contributed by atoms with Crippen LogP contribution in [0.2, 0.25) is 0 Å². The van der Waals surface area contributed by atoms with Crippen molar-refractivity contribution in [2.45, 2.75) is 13.0 Å². The molecular formula is C5H10N4O. The molecule has 1 aromatic heterocycles. The van der Waals surface area contributed by atoms with Crippen LogP contribution < -0.4 is 5.73 Å². The summed E-state index contributed by atoms with van der Waals surface area (Å²) in [6.45, 7) is 1.59. The van der Waals surface area contributed by atoms with E-state index in [1.807, 2.05) is 0 Å². The number of aromatic nitrogens is 3. The quantitative estimate of drug-likeness (QED) is 0.551. The van der Waals surface area contributed by atoms with Crippen molar-refractivity contribution in [3.8, 4) is 0 Å². The van der Waals surface area contributed by atoms with Gasteiger partial charge in [0.25, 0.3) is 0 Å². The highest BCUT2D eigenvalue weighted by molar-refractivity contribution is 5.15. The Labute approximate surface area is 58.5 Å². The van der Waals surface area contributed by atoms with Gasteiger partial charge in [-0.1, -0.05) is 0 Å². The standard InChI is InChI=1S/C5H10N4O/c1-3(10)4-7-5(6)9(2)8-4/h3,10H,1-2H3,(H2,6,7,8)/t3-/m0/s1.